The van der Waals surface area contributed by atoms with Crippen LogP contribution in [0.5, 0.6) is 0 Å². The number of ether oxygens (including phenoxy) is 1. The third-order valence-electron chi connectivity index (χ3n) is 6.83. The third kappa shape index (κ3) is 9.01. The van der Waals surface area contributed by atoms with Crippen molar-refractivity contribution in [3.8, 4) is 6.19 Å². The lowest BCUT2D eigenvalue weighted by atomic mass is 9.98. The number of halogens is 2. The fourth-order valence-electron chi connectivity index (χ4n) is 4.76. The number of nitriles is 1. The van der Waals surface area contributed by atoms with Crippen LogP contribution in [0.25, 0.3) is 5.78 Å². The van der Waals surface area contributed by atoms with Crippen LogP contribution in [0.2, 0.25) is 0 Å². The number of carboxylic acid groups (broad SMARTS) is 1. The second-order valence-electron chi connectivity index (χ2n) is 9.67. The van der Waals surface area contributed by atoms with Crippen molar-refractivity contribution in [2.75, 3.05) is 6.61 Å². The maximum absolute atomic E-state index is 13.0. The number of nitrogens with zero attached hydrogens (tertiary/aromatic N) is 6. The molecule has 5 rings (SSSR count). The predicted molar refractivity (Wildman–Crippen MR) is 177 cm³/mol. The Labute approximate surface area is 281 Å². The molecule has 2 aromatic heterocycles. The number of nitrogens with two attached hydrogens (primary N) is 2. The van der Waals surface area contributed by atoms with Crippen molar-refractivity contribution in [1.82, 2.24) is 30.2 Å². The number of guanidine groups is 1. The molecule has 0 aliphatic heterocycles. The smallest absolute Gasteiger partial charge is 0.354 e. The number of aromatic nitrogens is 4. The molecule has 0 fully saturated rings. The molecular formula is C30H32Cl2N10O5. The zero-order chi connectivity index (χ0) is 32.5. The molecule has 0 bridgehead atoms. The van der Waals surface area contributed by atoms with Gasteiger partial charge in [-0.05, 0) is 60.2 Å². The molecule has 0 spiro atoms. The van der Waals surface area contributed by atoms with Gasteiger partial charge < -0.3 is 26.6 Å². The number of fused-ring (bicyclic) bond motifs is 2. The molecule has 0 saturated carbocycles. The highest BCUT2D eigenvalue weighted by atomic mass is 35.5. The van der Waals surface area contributed by atoms with Crippen molar-refractivity contribution < 1.29 is 24.2 Å². The summed E-state index contributed by atoms with van der Waals surface area (Å²) in [6.45, 7) is 5.98. The van der Waals surface area contributed by atoms with Crippen LogP contribution in [0.1, 0.15) is 66.1 Å². The largest absolute Gasteiger partial charge is 0.477 e. The van der Waals surface area contributed by atoms with Crippen LogP contribution in [-0.4, -0.2) is 55.1 Å². The van der Waals surface area contributed by atoms with Crippen LogP contribution in [0.15, 0.2) is 66.4 Å². The molecule has 4 aromatic rings. The standard InChI is InChI=1S/C21H19N5O5.C9H11N5.2ClH/c1-3-8-31-20(30)13-4-5-14-12(11(13)2)6-7-15(14)24-18(27)17-9-16(19(28)29)25-21-22-10-23-26(17)21;10-5-7-2-1-3-8(4-7)14-9(12)13-6-11;;/h3-5,9-10,15H,1,6-8H2,2H3,(H,24,27)(H,28,29);1-4H,5,10H2,(H3,12,13,14);2*1H/t15-;;;/m0.../s1. The number of amides is 1. The number of carbonyl (C=O) groups is 3. The first-order valence-electron chi connectivity index (χ1n) is 13.6. The zero-order valence-corrected chi connectivity index (χ0v) is 26.7. The SMILES string of the molecule is C=CCOC(=O)c1ccc2c(c1C)CC[C@@H]2NC(=O)c1cc(C(=O)O)nc2ncnn12.Cl.Cl.N#CNC(N)=Nc1cccc(CN)c1. The van der Waals surface area contributed by atoms with E-state index in [2.05, 4.69) is 37.3 Å². The minimum Gasteiger partial charge on any atom is -0.477 e. The van der Waals surface area contributed by atoms with Crippen LogP contribution in [0, 0.1) is 18.4 Å². The normalized spacial score (nSPS) is 13.0. The molecule has 1 amide bonds. The van der Waals surface area contributed by atoms with Crippen molar-refractivity contribution in [3.63, 3.8) is 0 Å². The van der Waals surface area contributed by atoms with Crippen LogP contribution >= 0.6 is 24.8 Å². The van der Waals surface area contributed by atoms with Gasteiger partial charge in [-0.15, -0.1) is 24.8 Å². The Hall–Kier alpha value is -5.56. The van der Waals surface area contributed by atoms with Crippen molar-refractivity contribution in [1.29, 1.82) is 5.26 Å². The van der Waals surface area contributed by atoms with Gasteiger partial charge in [0.15, 0.2) is 11.9 Å². The van der Waals surface area contributed by atoms with E-state index in [4.69, 9.17) is 21.5 Å². The first kappa shape index (κ1) is 37.6. The minimum absolute atomic E-state index is 0. The molecule has 1 aliphatic carbocycles. The topological polar surface area (TPSA) is 236 Å². The number of aromatic carboxylic acids is 1. The molecule has 0 unspecified atom stereocenters. The average molecular weight is 684 g/mol. The van der Waals surface area contributed by atoms with E-state index in [-0.39, 0.29) is 60.6 Å². The van der Waals surface area contributed by atoms with Crippen molar-refractivity contribution in [3.05, 3.63) is 101 Å². The molecule has 0 saturated heterocycles. The van der Waals surface area contributed by atoms with E-state index in [1.54, 1.807) is 18.3 Å². The second kappa shape index (κ2) is 17.2. The van der Waals surface area contributed by atoms with Gasteiger partial charge in [0.1, 0.15) is 18.6 Å². The number of hydrogen-bond acceptors (Lipinski definition) is 10. The molecule has 1 atom stereocenters. The Morgan fingerprint density at radius 3 is 2.70 bits per heavy atom. The van der Waals surface area contributed by atoms with E-state index in [0.717, 1.165) is 22.3 Å². The van der Waals surface area contributed by atoms with Gasteiger partial charge in [0.05, 0.1) is 17.3 Å². The van der Waals surface area contributed by atoms with Gasteiger partial charge in [-0.1, -0.05) is 30.9 Å². The summed E-state index contributed by atoms with van der Waals surface area (Å²) in [6, 6.07) is 11.7. The monoisotopic (exact) mass is 682 g/mol. The fourth-order valence-corrected chi connectivity index (χ4v) is 4.76. The molecule has 17 heteroatoms. The lowest BCUT2D eigenvalue weighted by Crippen LogP contribution is -2.29. The third-order valence-corrected chi connectivity index (χ3v) is 6.83. The van der Waals surface area contributed by atoms with Gasteiger partial charge in [-0.25, -0.2) is 19.6 Å². The fraction of sp³-hybridized carbons (Fsp3) is 0.200. The quantitative estimate of drug-likeness (QED) is 0.0450. The number of aliphatic imine (C=N–C) groups is 1. The first-order valence-corrected chi connectivity index (χ1v) is 13.6. The Kier molecular flexibility index (Phi) is 13.8. The van der Waals surface area contributed by atoms with Crippen molar-refractivity contribution >= 4 is 60.1 Å². The van der Waals surface area contributed by atoms with E-state index in [9.17, 15) is 19.5 Å². The van der Waals surface area contributed by atoms with Crippen LogP contribution in [-0.2, 0) is 17.7 Å². The summed E-state index contributed by atoms with van der Waals surface area (Å²) in [6.07, 6.45) is 5.72. The lowest BCUT2D eigenvalue weighted by molar-refractivity contribution is 0.0548. The van der Waals surface area contributed by atoms with E-state index >= 15 is 0 Å². The predicted octanol–water partition coefficient (Wildman–Crippen LogP) is 2.90. The highest BCUT2D eigenvalue weighted by Gasteiger charge is 2.29. The van der Waals surface area contributed by atoms with Crippen LogP contribution in [0.4, 0.5) is 5.69 Å². The van der Waals surface area contributed by atoms with E-state index < -0.39 is 17.8 Å². The summed E-state index contributed by atoms with van der Waals surface area (Å²) in [4.78, 5) is 48.3. The molecule has 2 heterocycles. The number of rotatable bonds is 8. The second-order valence-corrected chi connectivity index (χ2v) is 9.67. The lowest BCUT2D eigenvalue weighted by Gasteiger charge is -2.16. The number of carboxylic acids is 1. The molecule has 0 radical (unpaired) electrons. The van der Waals surface area contributed by atoms with E-state index in [1.165, 1.54) is 23.0 Å². The maximum atomic E-state index is 13.0. The van der Waals surface area contributed by atoms with Crippen molar-refractivity contribution in [2.24, 2.45) is 16.5 Å². The van der Waals surface area contributed by atoms with Crippen LogP contribution in [0.3, 0.4) is 0 Å². The highest BCUT2D eigenvalue weighted by molar-refractivity contribution is 5.96. The molecule has 2 aromatic carbocycles. The molecule has 7 N–H and O–H groups in total. The average Bonchev–Trinajstić information content (AvgIpc) is 3.67. The number of carbonyl (C=O) groups excluding carboxylic acids is 2. The summed E-state index contributed by atoms with van der Waals surface area (Å²) in [5, 5.41) is 26.7. The molecular weight excluding hydrogens is 651 g/mol. The maximum Gasteiger partial charge on any atom is 0.354 e. The van der Waals surface area contributed by atoms with Crippen LogP contribution < -0.4 is 22.1 Å². The summed E-state index contributed by atoms with van der Waals surface area (Å²) >= 11 is 0. The zero-order valence-electron chi connectivity index (χ0n) is 25.0. The summed E-state index contributed by atoms with van der Waals surface area (Å²) in [5.41, 5.74) is 15.4. The van der Waals surface area contributed by atoms with Gasteiger partial charge in [-0.3, -0.25) is 10.1 Å². The number of benzene rings is 2. The number of nitrogens with one attached hydrogen (secondary N) is 2. The van der Waals surface area contributed by atoms with Gasteiger partial charge in [-0.2, -0.15) is 19.9 Å². The first-order chi connectivity index (χ1) is 21.7. The van der Waals surface area contributed by atoms with Gasteiger partial charge >= 0.3 is 11.9 Å². The Bertz CT molecular complexity index is 1850. The summed E-state index contributed by atoms with van der Waals surface area (Å²) in [7, 11) is 0. The molecule has 1 aliphatic rings. The number of hydrogen-bond donors (Lipinski definition) is 5. The van der Waals surface area contributed by atoms with Crippen molar-refractivity contribution in [2.45, 2.75) is 32.4 Å². The summed E-state index contributed by atoms with van der Waals surface area (Å²) < 4.78 is 6.33. The van der Waals surface area contributed by atoms with Gasteiger partial charge in [0, 0.05) is 12.6 Å². The summed E-state index contributed by atoms with van der Waals surface area (Å²) in [5.74, 6) is -2.08. The Morgan fingerprint density at radius 1 is 1.26 bits per heavy atom. The molecule has 246 valence electrons. The van der Waals surface area contributed by atoms with Gasteiger partial charge in [0.25, 0.3) is 11.7 Å². The van der Waals surface area contributed by atoms with E-state index in [0.29, 0.717) is 30.6 Å². The Morgan fingerprint density at radius 2 is 2.02 bits per heavy atom. The minimum atomic E-state index is -1.27. The molecule has 47 heavy (non-hydrogen) atoms. The Balaban J connectivity index is 0.000000408. The number of esters is 1. The van der Waals surface area contributed by atoms with Gasteiger partial charge in [0.2, 0.25) is 5.96 Å². The highest BCUT2D eigenvalue weighted by Crippen LogP contribution is 2.35. The molecule has 15 nitrogen and oxygen atoms in total. The van der Waals surface area contributed by atoms with E-state index in [1.807, 2.05) is 31.2 Å².